The van der Waals surface area contributed by atoms with Gasteiger partial charge in [0.25, 0.3) is 5.69 Å². The number of aryl methyl sites for hydroxylation is 1. The van der Waals surface area contributed by atoms with Crippen molar-refractivity contribution in [3.8, 4) is 16.9 Å². The summed E-state index contributed by atoms with van der Waals surface area (Å²) in [6.45, 7) is 4.77. The summed E-state index contributed by atoms with van der Waals surface area (Å²) in [5, 5.41) is 18.2. The molecule has 0 fully saturated rings. The van der Waals surface area contributed by atoms with Gasteiger partial charge >= 0.3 is 0 Å². The highest BCUT2D eigenvalue weighted by Gasteiger charge is 2.13. The molecule has 2 aromatic heterocycles. The second-order valence-corrected chi connectivity index (χ2v) is 11.1. The number of nitro benzene ring substituents is 1. The van der Waals surface area contributed by atoms with Crippen LogP contribution in [0.1, 0.15) is 22.5 Å². The van der Waals surface area contributed by atoms with Crippen LogP contribution >= 0.6 is 33.9 Å². The van der Waals surface area contributed by atoms with Crippen LogP contribution in [0.2, 0.25) is 0 Å². The minimum atomic E-state index is -0.381. The van der Waals surface area contributed by atoms with E-state index in [1.165, 1.54) is 26.5 Å². The standard InChI is InChI=1S/C30H26IN5O2S/c1-21-17-25(22(2)34(21)27-13-11-26(31)12-14-27)19-33-35-29(24-9-6-10-28(18-24)36(37)38)20-39-30(35)32-16-15-23-7-4-3-5-8-23/h3-14,17-20H,15-16H2,1-2H3. The summed E-state index contributed by atoms with van der Waals surface area (Å²) in [5.41, 5.74) is 7.00. The lowest BCUT2D eigenvalue weighted by Gasteiger charge is -2.09. The third-order valence-electron chi connectivity index (χ3n) is 6.40. The number of nitrogens with zero attached hydrogens (tertiary/aromatic N) is 5. The largest absolute Gasteiger partial charge is 0.318 e. The van der Waals surface area contributed by atoms with E-state index in [9.17, 15) is 10.1 Å². The van der Waals surface area contributed by atoms with E-state index in [2.05, 4.69) is 83.5 Å². The molecule has 0 unspecified atom stereocenters. The molecule has 39 heavy (non-hydrogen) atoms. The molecule has 5 rings (SSSR count). The monoisotopic (exact) mass is 647 g/mol. The molecule has 196 valence electrons. The SMILES string of the molecule is Cc1cc(C=Nn2c(-c3cccc([N+](=O)[O-])c3)csc2=NCCc2ccccc2)c(C)n1-c1ccc(I)cc1. The van der Waals surface area contributed by atoms with Crippen molar-refractivity contribution in [3.05, 3.63) is 131 Å². The summed E-state index contributed by atoms with van der Waals surface area (Å²) in [4.78, 5) is 16.6. The molecule has 0 atom stereocenters. The number of rotatable bonds is 8. The Morgan fingerprint density at radius 1 is 1.00 bits per heavy atom. The van der Waals surface area contributed by atoms with Crippen LogP contribution in [-0.2, 0) is 6.42 Å². The fourth-order valence-electron chi connectivity index (χ4n) is 4.45. The first-order valence-electron chi connectivity index (χ1n) is 12.4. The molecule has 0 aliphatic heterocycles. The highest BCUT2D eigenvalue weighted by Crippen LogP contribution is 2.25. The number of thiazole rings is 1. The molecule has 0 radical (unpaired) electrons. The average Bonchev–Trinajstić information content (AvgIpc) is 3.47. The van der Waals surface area contributed by atoms with Gasteiger partial charge < -0.3 is 4.57 Å². The maximum absolute atomic E-state index is 11.4. The van der Waals surface area contributed by atoms with E-state index in [1.54, 1.807) is 16.8 Å². The number of halogens is 1. The first kappa shape index (κ1) is 26.8. The van der Waals surface area contributed by atoms with Crippen molar-refractivity contribution in [1.82, 2.24) is 9.24 Å². The van der Waals surface area contributed by atoms with Crippen LogP contribution in [0.3, 0.4) is 0 Å². The van der Waals surface area contributed by atoms with Gasteiger partial charge in [0.1, 0.15) is 0 Å². The molecule has 0 saturated carbocycles. The van der Waals surface area contributed by atoms with Gasteiger partial charge in [0.15, 0.2) is 0 Å². The Labute approximate surface area is 244 Å². The summed E-state index contributed by atoms with van der Waals surface area (Å²) in [7, 11) is 0. The van der Waals surface area contributed by atoms with Gasteiger partial charge in [-0.15, -0.1) is 11.3 Å². The van der Waals surface area contributed by atoms with Gasteiger partial charge in [0.2, 0.25) is 4.80 Å². The molecule has 0 aliphatic carbocycles. The van der Waals surface area contributed by atoms with Crippen molar-refractivity contribution in [3.63, 3.8) is 0 Å². The molecular formula is C30H26IN5O2S. The zero-order valence-electron chi connectivity index (χ0n) is 21.5. The van der Waals surface area contributed by atoms with Gasteiger partial charge in [-0.3, -0.25) is 15.1 Å². The molecule has 0 N–H and O–H groups in total. The predicted octanol–water partition coefficient (Wildman–Crippen LogP) is 7.16. The van der Waals surface area contributed by atoms with Gasteiger partial charge in [-0.1, -0.05) is 42.5 Å². The maximum Gasteiger partial charge on any atom is 0.270 e. The lowest BCUT2D eigenvalue weighted by Crippen LogP contribution is -2.13. The predicted molar refractivity (Wildman–Crippen MR) is 166 cm³/mol. The van der Waals surface area contributed by atoms with E-state index in [0.29, 0.717) is 12.1 Å². The van der Waals surface area contributed by atoms with E-state index >= 15 is 0 Å². The van der Waals surface area contributed by atoms with Gasteiger partial charge in [-0.05, 0) is 78.8 Å². The first-order valence-corrected chi connectivity index (χ1v) is 14.4. The topological polar surface area (TPSA) is 77.7 Å². The van der Waals surface area contributed by atoms with Crippen molar-refractivity contribution in [2.45, 2.75) is 20.3 Å². The molecule has 7 nitrogen and oxygen atoms in total. The number of nitro groups is 1. The molecule has 0 amide bonds. The molecule has 0 aliphatic rings. The number of non-ortho nitro benzene ring substituents is 1. The normalized spacial score (nSPS) is 11.9. The second-order valence-electron chi connectivity index (χ2n) is 9.02. The van der Waals surface area contributed by atoms with Crippen LogP contribution in [0.4, 0.5) is 5.69 Å². The molecular weight excluding hydrogens is 621 g/mol. The van der Waals surface area contributed by atoms with Crippen LogP contribution in [0, 0.1) is 27.5 Å². The maximum atomic E-state index is 11.4. The van der Waals surface area contributed by atoms with Crippen molar-refractivity contribution < 1.29 is 4.92 Å². The van der Waals surface area contributed by atoms with E-state index in [0.717, 1.165) is 39.6 Å². The lowest BCUT2D eigenvalue weighted by molar-refractivity contribution is -0.384. The first-order chi connectivity index (χ1) is 18.9. The highest BCUT2D eigenvalue weighted by atomic mass is 127. The number of hydrogen-bond acceptors (Lipinski definition) is 5. The second kappa shape index (κ2) is 11.9. The van der Waals surface area contributed by atoms with Gasteiger partial charge in [-0.2, -0.15) is 5.10 Å². The summed E-state index contributed by atoms with van der Waals surface area (Å²) in [6.07, 6.45) is 2.65. The summed E-state index contributed by atoms with van der Waals surface area (Å²) in [6, 6.07) is 27.4. The van der Waals surface area contributed by atoms with E-state index in [1.807, 2.05) is 35.9 Å². The van der Waals surface area contributed by atoms with Crippen molar-refractivity contribution >= 4 is 45.8 Å². The summed E-state index contributed by atoms with van der Waals surface area (Å²) < 4.78 is 5.18. The summed E-state index contributed by atoms with van der Waals surface area (Å²) >= 11 is 3.78. The molecule has 0 saturated heterocycles. The van der Waals surface area contributed by atoms with Crippen LogP contribution in [0.15, 0.2) is 100 Å². The Morgan fingerprint density at radius 2 is 1.77 bits per heavy atom. The van der Waals surface area contributed by atoms with Crippen LogP contribution in [-0.4, -0.2) is 26.9 Å². The lowest BCUT2D eigenvalue weighted by atomic mass is 10.1. The molecule has 0 spiro atoms. The Morgan fingerprint density at radius 3 is 2.51 bits per heavy atom. The zero-order chi connectivity index (χ0) is 27.4. The zero-order valence-corrected chi connectivity index (χ0v) is 24.5. The number of benzene rings is 3. The smallest absolute Gasteiger partial charge is 0.270 e. The highest BCUT2D eigenvalue weighted by molar-refractivity contribution is 14.1. The third-order valence-corrected chi connectivity index (χ3v) is 7.97. The Bertz CT molecular complexity index is 1720. The van der Waals surface area contributed by atoms with Crippen molar-refractivity contribution in [2.75, 3.05) is 6.54 Å². The average molecular weight is 648 g/mol. The molecule has 5 aromatic rings. The minimum absolute atomic E-state index is 0.0397. The quantitative estimate of drug-likeness (QED) is 0.0776. The van der Waals surface area contributed by atoms with Gasteiger partial charge in [0.05, 0.1) is 16.8 Å². The van der Waals surface area contributed by atoms with Crippen LogP contribution < -0.4 is 4.80 Å². The van der Waals surface area contributed by atoms with Crippen molar-refractivity contribution in [2.24, 2.45) is 10.1 Å². The van der Waals surface area contributed by atoms with Gasteiger partial charge in [0, 0.05) is 55.8 Å². The van der Waals surface area contributed by atoms with E-state index in [4.69, 9.17) is 10.1 Å². The molecule has 0 bridgehead atoms. The van der Waals surface area contributed by atoms with Crippen molar-refractivity contribution in [1.29, 1.82) is 0 Å². The van der Waals surface area contributed by atoms with E-state index in [-0.39, 0.29) is 10.6 Å². The Kier molecular flexibility index (Phi) is 8.18. The minimum Gasteiger partial charge on any atom is -0.318 e. The third kappa shape index (κ3) is 6.10. The Balaban J connectivity index is 1.54. The van der Waals surface area contributed by atoms with Crippen LogP contribution in [0.5, 0.6) is 0 Å². The molecule has 2 heterocycles. The van der Waals surface area contributed by atoms with Gasteiger partial charge in [-0.25, -0.2) is 4.68 Å². The molecule has 3 aromatic carbocycles. The summed E-state index contributed by atoms with van der Waals surface area (Å²) in [5.74, 6) is 0. The number of hydrogen-bond donors (Lipinski definition) is 0. The van der Waals surface area contributed by atoms with E-state index < -0.39 is 0 Å². The van der Waals surface area contributed by atoms with Crippen LogP contribution in [0.25, 0.3) is 16.9 Å². The number of aromatic nitrogens is 2. The fraction of sp³-hybridized carbons (Fsp3) is 0.133. The molecule has 9 heteroatoms. The fourth-order valence-corrected chi connectivity index (χ4v) is 5.67. The Hall–Kier alpha value is -3.83.